The van der Waals surface area contributed by atoms with E-state index >= 15 is 0 Å². The summed E-state index contributed by atoms with van der Waals surface area (Å²) in [6.45, 7) is 0. The van der Waals surface area contributed by atoms with Crippen molar-refractivity contribution in [1.29, 1.82) is 0 Å². The van der Waals surface area contributed by atoms with Gasteiger partial charge in [-0.1, -0.05) is 41.4 Å². The highest BCUT2D eigenvalue weighted by Crippen LogP contribution is 2.39. The van der Waals surface area contributed by atoms with Crippen molar-refractivity contribution in [3.05, 3.63) is 69.5 Å². The van der Waals surface area contributed by atoms with Crippen molar-refractivity contribution >= 4 is 35.1 Å². The van der Waals surface area contributed by atoms with E-state index in [2.05, 4.69) is 5.32 Å². The number of aliphatic carboxylic acids is 1. The molecule has 1 saturated heterocycles. The predicted molar refractivity (Wildman–Crippen MR) is 93.6 cm³/mol. The molecule has 5 nitrogen and oxygen atoms in total. The van der Waals surface area contributed by atoms with Crippen LogP contribution < -0.4 is 5.32 Å². The van der Waals surface area contributed by atoms with Crippen LogP contribution in [0.3, 0.4) is 0 Å². The average molecular weight is 398 g/mol. The molecule has 1 aliphatic heterocycles. The summed E-state index contributed by atoms with van der Waals surface area (Å²) in [5, 5.41) is 12.3. The highest BCUT2D eigenvalue weighted by atomic mass is 35.5. The molecule has 8 heteroatoms. The second-order valence-electron chi connectivity index (χ2n) is 5.85. The number of carboxylic acid groups (broad SMARTS) is 1. The third kappa shape index (κ3) is 3.98. The van der Waals surface area contributed by atoms with Gasteiger partial charge in [0.1, 0.15) is 18.0 Å². The predicted octanol–water partition coefficient (Wildman–Crippen LogP) is 3.90. The van der Waals surface area contributed by atoms with Gasteiger partial charge in [-0.3, -0.25) is 9.59 Å². The molecule has 2 aromatic rings. The SMILES string of the molecule is O=C(O)C[C@H]1O[C@H](c2cccc(Cl)c2)C(c2ccc(Cl)cc2F)NC1=O. The van der Waals surface area contributed by atoms with Gasteiger partial charge in [0.05, 0.1) is 12.5 Å². The van der Waals surface area contributed by atoms with Gasteiger partial charge in [0.25, 0.3) is 0 Å². The molecule has 3 atom stereocenters. The van der Waals surface area contributed by atoms with Crippen LogP contribution in [0.15, 0.2) is 42.5 Å². The number of hydrogen-bond acceptors (Lipinski definition) is 3. The first-order valence-electron chi connectivity index (χ1n) is 7.73. The summed E-state index contributed by atoms with van der Waals surface area (Å²) in [5.74, 6) is -2.40. The molecule has 1 amide bonds. The summed E-state index contributed by atoms with van der Waals surface area (Å²) in [7, 11) is 0. The summed E-state index contributed by atoms with van der Waals surface area (Å²) in [5.41, 5.74) is 0.772. The van der Waals surface area contributed by atoms with Gasteiger partial charge < -0.3 is 15.2 Å². The molecule has 1 fully saturated rings. The second kappa shape index (κ2) is 7.61. The van der Waals surface area contributed by atoms with E-state index in [0.717, 1.165) is 6.07 Å². The Bertz CT molecular complexity index is 861. The van der Waals surface area contributed by atoms with E-state index in [0.29, 0.717) is 10.6 Å². The number of halogens is 3. The number of morpholine rings is 1. The van der Waals surface area contributed by atoms with Crippen LogP contribution in [-0.4, -0.2) is 23.1 Å². The van der Waals surface area contributed by atoms with E-state index in [1.807, 2.05) is 0 Å². The van der Waals surface area contributed by atoms with Gasteiger partial charge in [-0.25, -0.2) is 4.39 Å². The minimum Gasteiger partial charge on any atom is -0.481 e. The Hall–Kier alpha value is -2.15. The number of carbonyl (C=O) groups excluding carboxylic acids is 1. The number of hydrogen-bond donors (Lipinski definition) is 2. The molecule has 26 heavy (non-hydrogen) atoms. The number of nitrogens with one attached hydrogen (secondary N) is 1. The van der Waals surface area contributed by atoms with Crippen molar-refractivity contribution in [3.63, 3.8) is 0 Å². The Morgan fingerprint density at radius 1 is 1.19 bits per heavy atom. The number of amides is 1. The number of benzene rings is 2. The highest BCUT2D eigenvalue weighted by Gasteiger charge is 2.40. The number of rotatable bonds is 4. The van der Waals surface area contributed by atoms with E-state index < -0.39 is 42.4 Å². The maximum absolute atomic E-state index is 14.4. The lowest BCUT2D eigenvalue weighted by atomic mass is 9.92. The molecule has 1 unspecified atom stereocenters. The van der Waals surface area contributed by atoms with Crippen LogP contribution in [-0.2, 0) is 14.3 Å². The summed E-state index contributed by atoms with van der Waals surface area (Å²) >= 11 is 11.8. The van der Waals surface area contributed by atoms with Crippen LogP contribution in [0, 0.1) is 5.82 Å². The molecular weight excluding hydrogens is 384 g/mol. The third-order valence-corrected chi connectivity index (χ3v) is 4.51. The van der Waals surface area contributed by atoms with Crippen molar-refractivity contribution in [2.24, 2.45) is 0 Å². The zero-order chi connectivity index (χ0) is 18.8. The Kier molecular flexibility index (Phi) is 5.46. The lowest BCUT2D eigenvalue weighted by Gasteiger charge is -2.37. The zero-order valence-corrected chi connectivity index (χ0v) is 14.8. The second-order valence-corrected chi connectivity index (χ2v) is 6.72. The largest absolute Gasteiger partial charge is 0.481 e. The van der Waals surface area contributed by atoms with Gasteiger partial charge in [0.2, 0.25) is 5.91 Å². The number of carboxylic acids is 1. The number of carbonyl (C=O) groups is 2. The average Bonchev–Trinajstić information content (AvgIpc) is 2.56. The summed E-state index contributed by atoms with van der Waals surface area (Å²) in [6, 6.07) is 9.95. The Morgan fingerprint density at radius 2 is 1.92 bits per heavy atom. The summed E-state index contributed by atoms with van der Waals surface area (Å²) in [6.07, 6.45) is -2.51. The molecule has 136 valence electrons. The van der Waals surface area contributed by atoms with Crippen molar-refractivity contribution < 1.29 is 23.8 Å². The zero-order valence-electron chi connectivity index (χ0n) is 13.3. The molecule has 0 bridgehead atoms. The molecule has 3 rings (SSSR count). The lowest BCUT2D eigenvalue weighted by molar-refractivity contribution is -0.159. The smallest absolute Gasteiger partial charge is 0.306 e. The van der Waals surface area contributed by atoms with Crippen LogP contribution in [0.4, 0.5) is 4.39 Å². The fourth-order valence-electron chi connectivity index (χ4n) is 2.89. The van der Waals surface area contributed by atoms with E-state index in [4.69, 9.17) is 33.0 Å². The van der Waals surface area contributed by atoms with Crippen molar-refractivity contribution in [2.75, 3.05) is 0 Å². The molecule has 2 N–H and O–H groups in total. The molecule has 0 aromatic heterocycles. The molecule has 0 saturated carbocycles. The normalized spacial score (nSPS) is 22.7. The standard InChI is InChI=1S/C18H14Cl2FNO4/c19-10-3-1-2-9(6-10)17-16(12-5-4-11(20)7-13(12)21)22-18(25)14(26-17)8-15(23)24/h1-7,14,16-17H,8H2,(H,22,25)(H,23,24)/t14-,16?,17-/m1/s1. The van der Waals surface area contributed by atoms with Crippen LogP contribution >= 0.6 is 23.2 Å². The first-order chi connectivity index (χ1) is 12.3. The summed E-state index contributed by atoms with van der Waals surface area (Å²) < 4.78 is 20.2. The Labute approximate surface area is 158 Å². The van der Waals surface area contributed by atoms with Gasteiger partial charge in [-0.15, -0.1) is 0 Å². The van der Waals surface area contributed by atoms with E-state index in [1.165, 1.54) is 12.1 Å². The molecule has 2 aromatic carbocycles. The first-order valence-corrected chi connectivity index (χ1v) is 8.49. The highest BCUT2D eigenvalue weighted by molar-refractivity contribution is 6.30. The van der Waals surface area contributed by atoms with Crippen LogP contribution in [0.5, 0.6) is 0 Å². The lowest BCUT2D eigenvalue weighted by Crippen LogP contribution is -2.48. The van der Waals surface area contributed by atoms with Crippen molar-refractivity contribution in [2.45, 2.75) is 24.7 Å². The van der Waals surface area contributed by atoms with Gasteiger partial charge in [-0.2, -0.15) is 0 Å². The third-order valence-electron chi connectivity index (χ3n) is 4.04. The topological polar surface area (TPSA) is 75.6 Å². The van der Waals surface area contributed by atoms with E-state index in [1.54, 1.807) is 24.3 Å². The monoisotopic (exact) mass is 397 g/mol. The van der Waals surface area contributed by atoms with Gasteiger partial charge in [-0.05, 0) is 29.8 Å². The van der Waals surface area contributed by atoms with E-state index in [-0.39, 0.29) is 10.6 Å². The molecule has 0 aliphatic carbocycles. The Balaban J connectivity index is 2.02. The van der Waals surface area contributed by atoms with Crippen LogP contribution in [0.2, 0.25) is 10.0 Å². The molecular formula is C18H14Cl2FNO4. The number of ether oxygens (including phenoxy) is 1. The quantitative estimate of drug-likeness (QED) is 0.819. The fraction of sp³-hybridized carbons (Fsp3) is 0.222. The summed E-state index contributed by atoms with van der Waals surface area (Å²) in [4.78, 5) is 23.3. The van der Waals surface area contributed by atoms with Gasteiger partial charge in [0, 0.05) is 15.6 Å². The van der Waals surface area contributed by atoms with Gasteiger partial charge >= 0.3 is 5.97 Å². The first kappa shape index (κ1) is 18.6. The minimum atomic E-state index is -1.19. The van der Waals surface area contributed by atoms with Crippen LogP contribution in [0.25, 0.3) is 0 Å². The molecule has 1 aliphatic rings. The Morgan fingerprint density at radius 3 is 2.58 bits per heavy atom. The van der Waals surface area contributed by atoms with E-state index in [9.17, 15) is 14.0 Å². The molecule has 1 heterocycles. The van der Waals surface area contributed by atoms with Crippen molar-refractivity contribution in [1.82, 2.24) is 5.32 Å². The van der Waals surface area contributed by atoms with Crippen LogP contribution in [0.1, 0.15) is 29.7 Å². The fourth-order valence-corrected chi connectivity index (χ4v) is 3.25. The van der Waals surface area contributed by atoms with Crippen molar-refractivity contribution in [3.8, 4) is 0 Å². The maximum atomic E-state index is 14.4. The maximum Gasteiger partial charge on any atom is 0.306 e. The molecule has 0 radical (unpaired) electrons. The minimum absolute atomic E-state index is 0.182. The molecule has 0 spiro atoms. The van der Waals surface area contributed by atoms with Gasteiger partial charge in [0.15, 0.2) is 0 Å².